The van der Waals surface area contributed by atoms with Gasteiger partial charge in [-0.15, -0.1) is 0 Å². The van der Waals surface area contributed by atoms with Gasteiger partial charge in [0.2, 0.25) is 0 Å². The normalized spacial score (nSPS) is 26.0. The molecule has 21 heavy (non-hydrogen) atoms. The third kappa shape index (κ3) is 3.50. The highest BCUT2D eigenvalue weighted by atomic mass is 16.5. The molecule has 0 spiro atoms. The number of aliphatic imine (C=N–C) groups is 2. The molecule has 5 nitrogen and oxygen atoms in total. The molecule has 0 bridgehead atoms. The van der Waals surface area contributed by atoms with Crippen LogP contribution in [0.2, 0.25) is 0 Å². The summed E-state index contributed by atoms with van der Waals surface area (Å²) in [5.74, 6) is 0. The van der Waals surface area contributed by atoms with E-state index in [9.17, 15) is 0 Å². The Balaban J connectivity index is 2.15. The molecule has 2 aliphatic rings. The first-order chi connectivity index (χ1) is 9.63. The lowest BCUT2D eigenvalue weighted by Gasteiger charge is -2.22. The zero-order valence-electron chi connectivity index (χ0n) is 14.4. The Morgan fingerprint density at radius 3 is 1.52 bits per heavy atom. The lowest BCUT2D eigenvalue weighted by atomic mass is 9.88. The fourth-order valence-corrected chi connectivity index (χ4v) is 2.26. The van der Waals surface area contributed by atoms with E-state index in [0.29, 0.717) is 25.3 Å². The van der Waals surface area contributed by atoms with Crippen LogP contribution in [0.3, 0.4) is 0 Å². The Morgan fingerprint density at radius 2 is 1.29 bits per heavy atom. The second kappa shape index (κ2) is 5.50. The number of hydrogen-bond acceptors (Lipinski definition) is 5. The lowest BCUT2D eigenvalue weighted by molar-refractivity contribution is 0.205. The van der Waals surface area contributed by atoms with E-state index in [4.69, 9.17) is 19.5 Å². The summed E-state index contributed by atoms with van der Waals surface area (Å²) in [4.78, 5) is 11.4. The van der Waals surface area contributed by atoms with E-state index < -0.39 is 0 Å². The molecule has 0 N–H and O–H groups in total. The first-order valence-electron chi connectivity index (χ1n) is 7.81. The Hall–Kier alpha value is -1.26. The summed E-state index contributed by atoms with van der Waals surface area (Å²) in [5.41, 5.74) is 0.209. The molecular weight excluding hydrogens is 266 g/mol. The maximum Gasteiger partial charge on any atom is 0.296 e. The second-order valence-electron chi connectivity index (χ2n) is 7.95. The maximum absolute atomic E-state index is 5.79. The van der Waals surface area contributed by atoms with Crippen LogP contribution in [0.1, 0.15) is 48.5 Å². The predicted octanol–water partition coefficient (Wildman–Crippen LogP) is 2.91. The molecule has 0 saturated heterocycles. The molecule has 0 saturated carbocycles. The van der Waals surface area contributed by atoms with Crippen molar-refractivity contribution in [2.75, 3.05) is 19.8 Å². The molecular formula is C16H29N3O2. The highest BCUT2D eigenvalue weighted by Gasteiger charge is 2.37. The molecule has 0 aromatic carbocycles. The standard InChI is InChI=1S/C16H29N3O2/c1-8-19(13-17-11(9-20-13)15(2,3)4)14-18-12(10-21-14)16(5,6)7/h11-12H,8-10H2,1-7H3/t11-,12-/m1/s1. The SMILES string of the molecule is CCN(C1=N[C@@H](C(C)(C)C)CO1)C1=N[C@@H](C(C)(C)C)CO1. The number of rotatable bonds is 1. The molecule has 5 heteroatoms. The van der Waals surface area contributed by atoms with Crippen molar-refractivity contribution < 1.29 is 9.47 Å². The predicted molar refractivity (Wildman–Crippen MR) is 85.6 cm³/mol. The molecule has 0 unspecified atom stereocenters. The quantitative estimate of drug-likeness (QED) is 0.747. The molecule has 0 amide bonds. The van der Waals surface area contributed by atoms with Gasteiger partial charge in [0, 0.05) is 6.54 Å². The van der Waals surface area contributed by atoms with Crippen LogP contribution in [0.25, 0.3) is 0 Å². The van der Waals surface area contributed by atoms with Crippen LogP contribution < -0.4 is 0 Å². The van der Waals surface area contributed by atoms with E-state index >= 15 is 0 Å². The van der Waals surface area contributed by atoms with E-state index in [1.807, 2.05) is 4.90 Å². The minimum absolute atomic E-state index is 0.105. The van der Waals surface area contributed by atoms with Crippen molar-refractivity contribution in [1.29, 1.82) is 0 Å². The van der Waals surface area contributed by atoms with Crippen molar-refractivity contribution in [2.24, 2.45) is 20.8 Å². The van der Waals surface area contributed by atoms with Crippen LogP contribution in [0.5, 0.6) is 0 Å². The van der Waals surface area contributed by atoms with Gasteiger partial charge in [0.25, 0.3) is 12.0 Å². The first kappa shape index (κ1) is 16.1. The maximum atomic E-state index is 5.79. The molecule has 2 rings (SSSR count). The van der Waals surface area contributed by atoms with E-state index in [2.05, 4.69) is 48.5 Å². The number of ether oxygens (including phenoxy) is 2. The molecule has 2 aliphatic heterocycles. The van der Waals surface area contributed by atoms with Crippen LogP contribution >= 0.6 is 0 Å². The molecule has 120 valence electrons. The summed E-state index contributed by atoms with van der Waals surface area (Å²) in [6.07, 6.45) is 0. The molecule has 0 radical (unpaired) electrons. The summed E-state index contributed by atoms with van der Waals surface area (Å²) in [5, 5.41) is 0. The Bertz CT molecular complexity index is 403. The summed E-state index contributed by atoms with van der Waals surface area (Å²) >= 11 is 0. The third-order valence-electron chi connectivity index (χ3n) is 4.05. The van der Waals surface area contributed by atoms with Crippen molar-refractivity contribution in [1.82, 2.24) is 4.90 Å². The van der Waals surface area contributed by atoms with Gasteiger partial charge >= 0.3 is 0 Å². The van der Waals surface area contributed by atoms with Gasteiger partial charge in [0.05, 0.1) is 12.1 Å². The second-order valence-corrected chi connectivity index (χ2v) is 7.95. The summed E-state index contributed by atoms with van der Waals surface area (Å²) in [6.45, 7) is 17.2. The van der Waals surface area contributed by atoms with Gasteiger partial charge in [-0.2, -0.15) is 0 Å². The van der Waals surface area contributed by atoms with Crippen LogP contribution in [-0.2, 0) is 9.47 Å². The van der Waals surface area contributed by atoms with Gasteiger partial charge in [-0.05, 0) is 17.8 Å². The molecule has 0 fully saturated rings. The van der Waals surface area contributed by atoms with Gasteiger partial charge in [-0.3, -0.25) is 4.90 Å². The van der Waals surface area contributed by atoms with Crippen molar-refractivity contribution >= 4 is 12.0 Å². The Labute approximate surface area is 128 Å². The van der Waals surface area contributed by atoms with E-state index in [0.717, 1.165) is 6.54 Å². The first-order valence-corrected chi connectivity index (χ1v) is 7.81. The summed E-state index contributed by atoms with van der Waals surface area (Å²) < 4.78 is 11.6. The number of nitrogens with zero attached hydrogens (tertiary/aromatic N) is 3. The van der Waals surface area contributed by atoms with Crippen molar-refractivity contribution in [3.05, 3.63) is 0 Å². The molecule has 2 heterocycles. The Morgan fingerprint density at radius 1 is 0.905 bits per heavy atom. The van der Waals surface area contributed by atoms with Crippen molar-refractivity contribution in [3.8, 4) is 0 Å². The number of amidine groups is 2. The number of hydrogen-bond donors (Lipinski definition) is 0. The van der Waals surface area contributed by atoms with Gasteiger partial charge < -0.3 is 9.47 Å². The third-order valence-corrected chi connectivity index (χ3v) is 4.05. The minimum atomic E-state index is 0.105. The van der Waals surface area contributed by atoms with E-state index in [-0.39, 0.29) is 22.9 Å². The van der Waals surface area contributed by atoms with E-state index in [1.54, 1.807) is 0 Å². The fourth-order valence-electron chi connectivity index (χ4n) is 2.26. The average molecular weight is 295 g/mol. The van der Waals surface area contributed by atoms with Crippen LogP contribution in [-0.4, -0.2) is 48.8 Å². The smallest absolute Gasteiger partial charge is 0.296 e. The van der Waals surface area contributed by atoms with Gasteiger partial charge in [0.15, 0.2) is 0 Å². The van der Waals surface area contributed by atoms with Crippen LogP contribution in [0, 0.1) is 10.8 Å². The molecule has 0 aliphatic carbocycles. The fraction of sp³-hybridized carbons (Fsp3) is 0.875. The highest BCUT2D eigenvalue weighted by Crippen LogP contribution is 2.29. The van der Waals surface area contributed by atoms with Gasteiger partial charge in [0.1, 0.15) is 13.2 Å². The molecule has 2 atom stereocenters. The zero-order chi connectivity index (χ0) is 15.8. The summed E-state index contributed by atoms with van der Waals surface area (Å²) in [7, 11) is 0. The van der Waals surface area contributed by atoms with Crippen molar-refractivity contribution in [3.63, 3.8) is 0 Å². The topological polar surface area (TPSA) is 46.4 Å². The highest BCUT2D eigenvalue weighted by molar-refractivity contribution is 5.94. The van der Waals surface area contributed by atoms with E-state index in [1.165, 1.54) is 0 Å². The lowest BCUT2D eigenvalue weighted by Crippen LogP contribution is -2.37. The van der Waals surface area contributed by atoms with Gasteiger partial charge in [-0.25, -0.2) is 9.98 Å². The molecule has 0 aromatic rings. The van der Waals surface area contributed by atoms with Crippen LogP contribution in [0.4, 0.5) is 0 Å². The van der Waals surface area contributed by atoms with Crippen molar-refractivity contribution in [2.45, 2.75) is 60.5 Å². The minimum Gasteiger partial charge on any atom is -0.463 e. The average Bonchev–Trinajstić information content (AvgIpc) is 2.96. The van der Waals surface area contributed by atoms with Gasteiger partial charge in [-0.1, -0.05) is 41.5 Å². The van der Waals surface area contributed by atoms with Crippen LogP contribution in [0.15, 0.2) is 9.98 Å². The molecule has 0 aromatic heterocycles. The largest absolute Gasteiger partial charge is 0.463 e. The zero-order valence-corrected chi connectivity index (χ0v) is 14.4. The monoisotopic (exact) mass is 295 g/mol. The summed E-state index contributed by atoms with van der Waals surface area (Å²) in [6, 6.07) is 1.65. The Kier molecular flexibility index (Phi) is 4.22.